The summed E-state index contributed by atoms with van der Waals surface area (Å²) in [6.07, 6.45) is -10.9. The highest BCUT2D eigenvalue weighted by Crippen LogP contribution is 2.50. The third-order valence-corrected chi connectivity index (χ3v) is 3.72. The van der Waals surface area contributed by atoms with Crippen LogP contribution in [0.5, 0.6) is 0 Å². The van der Waals surface area contributed by atoms with Crippen molar-refractivity contribution in [3.8, 4) is 11.1 Å². The van der Waals surface area contributed by atoms with Crippen LogP contribution in [-0.4, -0.2) is 5.51 Å². The minimum Gasteiger partial charge on any atom is -0.166 e. The molecular weight excluding hydrogens is 383 g/mol. The maximum atomic E-state index is 13.3. The van der Waals surface area contributed by atoms with E-state index in [1.165, 1.54) is 18.2 Å². The monoisotopic (exact) mass is 389 g/mol. The van der Waals surface area contributed by atoms with E-state index in [4.69, 9.17) is 0 Å². The highest BCUT2D eigenvalue weighted by atomic mass is 32.2. The molecule has 0 bridgehead atoms. The molecule has 0 aliphatic carbocycles. The number of thioether (sulfide) groups is 1. The van der Waals surface area contributed by atoms with Gasteiger partial charge in [0, 0.05) is 10.5 Å². The van der Waals surface area contributed by atoms with Gasteiger partial charge in [-0.2, -0.15) is 39.5 Å². The molecular formula is C15H6F9S. The van der Waals surface area contributed by atoms with E-state index in [0.29, 0.717) is 0 Å². The summed E-state index contributed by atoms with van der Waals surface area (Å²) in [6.45, 7) is 0. The van der Waals surface area contributed by atoms with Gasteiger partial charge in [0.2, 0.25) is 0 Å². The number of hydrogen-bond acceptors (Lipinski definition) is 1. The minimum absolute atomic E-state index is 0.108. The smallest absolute Gasteiger partial charge is 0.166 e. The van der Waals surface area contributed by atoms with E-state index >= 15 is 0 Å². The molecule has 0 saturated heterocycles. The molecule has 0 unspecified atom stereocenters. The molecule has 0 aromatic heterocycles. The molecule has 0 aliphatic rings. The van der Waals surface area contributed by atoms with Gasteiger partial charge in [0.05, 0.1) is 11.1 Å². The van der Waals surface area contributed by atoms with Crippen molar-refractivity contribution < 1.29 is 39.5 Å². The lowest BCUT2D eigenvalue weighted by Gasteiger charge is -2.22. The maximum absolute atomic E-state index is 13.3. The molecule has 135 valence electrons. The summed E-state index contributed by atoms with van der Waals surface area (Å²) in [4.78, 5) is -1.08. The number of benzene rings is 2. The molecule has 0 fully saturated rings. The van der Waals surface area contributed by atoms with Crippen LogP contribution >= 0.6 is 11.8 Å². The lowest BCUT2D eigenvalue weighted by Crippen LogP contribution is -2.19. The molecule has 2 aromatic carbocycles. The van der Waals surface area contributed by atoms with Crippen molar-refractivity contribution in [1.82, 2.24) is 0 Å². The molecule has 0 atom stereocenters. The molecule has 1 radical (unpaired) electrons. The molecule has 0 aliphatic heterocycles. The van der Waals surface area contributed by atoms with Crippen molar-refractivity contribution in [3.05, 3.63) is 53.6 Å². The third-order valence-electron chi connectivity index (χ3n) is 2.96. The fourth-order valence-electron chi connectivity index (χ4n) is 2.12. The zero-order chi connectivity index (χ0) is 19.0. The SMILES string of the molecule is FC(F)(F)Sc1[c]cc(C(F)(F)F)c(C(F)(F)F)c1-c1ccccc1. The topological polar surface area (TPSA) is 0 Å². The zero-order valence-electron chi connectivity index (χ0n) is 11.8. The first-order valence-electron chi connectivity index (χ1n) is 6.35. The molecule has 0 N–H and O–H groups in total. The van der Waals surface area contributed by atoms with Crippen LogP contribution in [0.2, 0.25) is 0 Å². The van der Waals surface area contributed by atoms with Gasteiger partial charge in [-0.25, -0.2) is 0 Å². The van der Waals surface area contributed by atoms with Crippen LogP contribution in [0.3, 0.4) is 0 Å². The Morgan fingerprint density at radius 1 is 0.760 bits per heavy atom. The second kappa shape index (κ2) is 6.47. The molecule has 2 aromatic rings. The van der Waals surface area contributed by atoms with Gasteiger partial charge in [-0.15, -0.1) is 0 Å². The standard InChI is InChI=1S/C15H6F9S/c16-13(17,18)9-6-7-10(25-15(22,23)24)11(12(9)14(19,20)21)8-4-2-1-3-5-8/h1-6H. The van der Waals surface area contributed by atoms with Crippen LogP contribution < -0.4 is 0 Å². The number of alkyl halides is 9. The molecule has 10 heteroatoms. The predicted octanol–water partition coefficient (Wildman–Crippen LogP) is 6.80. The Morgan fingerprint density at radius 2 is 1.32 bits per heavy atom. The van der Waals surface area contributed by atoms with Crippen molar-refractivity contribution in [3.63, 3.8) is 0 Å². The second-order valence-electron chi connectivity index (χ2n) is 4.69. The molecule has 25 heavy (non-hydrogen) atoms. The lowest BCUT2D eigenvalue weighted by molar-refractivity contribution is -0.161. The first kappa shape index (κ1) is 19.5. The Kier molecular flexibility index (Phi) is 5.04. The van der Waals surface area contributed by atoms with Gasteiger partial charge in [-0.05, 0) is 29.5 Å². The predicted molar refractivity (Wildman–Crippen MR) is 72.6 cm³/mol. The quantitative estimate of drug-likeness (QED) is 0.402. The summed E-state index contributed by atoms with van der Waals surface area (Å²) in [6, 6.07) is 7.37. The zero-order valence-corrected chi connectivity index (χ0v) is 12.6. The highest BCUT2D eigenvalue weighted by Gasteiger charge is 2.46. The van der Waals surface area contributed by atoms with Gasteiger partial charge in [0.25, 0.3) is 0 Å². The summed E-state index contributed by atoms with van der Waals surface area (Å²) in [5.41, 5.74) is -10.9. The normalized spacial score (nSPS) is 13.2. The van der Waals surface area contributed by atoms with E-state index in [0.717, 1.165) is 12.1 Å². The van der Waals surface area contributed by atoms with E-state index in [2.05, 4.69) is 0 Å². The average Bonchev–Trinajstić information content (AvgIpc) is 2.44. The Morgan fingerprint density at radius 3 is 1.76 bits per heavy atom. The summed E-state index contributed by atoms with van der Waals surface area (Å²) < 4.78 is 117. The molecule has 0 nitrogen and oxygen atoms in total. The fourth-order valence-corrected chi connectivity index (χ4v) is 2.80. The van der Waals surface area contributed by atoms with E-state index < -0.39 is 56.8 Å². The fraction of sp³-hybridized carbons (Fsp3) is 0.200. The Bertz CT molecular complexity index is 743. The van der Waals surface area contributed by atoms with Crippen molar-refractivity contribution in [2.45, 2.75) is 22.8 Å². The summed E-state index contributed by atoms with van der Waals surface area (Å²) in [7, 11) is 0. The van der Waals surface area contributed by atoms with Gasteiger partial charge in [-0.1, -0.05) is 30.3 Å². The summed E-state index contributed by atoms with van der Waals surface area (Å²) in [5, 5.41) is 0. The Balaban J connectivity index is 2.90. The van der Waals surface area contributed by atoms with Crippen LogP contribution in [0, 0.1) is 6.07 Å². The molecule has 0 spiro atoms. The Labute approximate surface area is 139 Å². The van der Waals surface area contributed by atoms with Gasteiger partial charge in [0.1, 0.15) is 0 Å². The number of hydrogen-bond donors (Lipinski definition) is 0. The highest BCUT2D eigenvalue weighted by molar-refractivity contribution is 8.00. The summed E-state index contributed by atoms with van der Waals surface area (Å²) >= 11 is -0.951. The first-order chi connectivity index (χ1) is 11.3. The van der Waals surface area contributed by atoms with Crippen LogP contribution in [0.25, 0.3) is 11.1 Å². The number of rotatable bonds is 2. The van der Waals surface area contributed by atoms with Crippen molar-refractivity contribution in [2.75, 3.05) is 0 Å². The van der Waals surface area contributed by atoms with Crippen LogP contribution in [0.15, 0.2) is 41.3 Å². The average molecular weight is 389 g/mol. The van der Waals surface area contributed by atoms with Crippen molar-refractivity contribution in [1.29, 1.82) is 0 Å². The van der Waals surface area contributed by atoms with E-state index in [9.17, 15) is 39.5 Å². The Hall–Kier alpha value is -1.84. The van der Waals surface area contributed by atoms with E-state index in [1.54, 1.807) is 6.07 Å². The van der Waals surface area contributed by atoms with Crippen LogP contribution in [0.1, 0.15) is 11.1 Å². The molecule has 0 heterocycles. The third kappa shape index (κ3) is 4.62. The van der Waals surface area contributed by atoms with Crippen molar-refractivity contribution in [2.24, 2.45) is 0 Å². The van der Waals surface area contributed by atoms with Gasteiger partial charge in [-0.3, -0.25) is 0 Å². The van der Waals surface area contributed by atoms with Gasteiger partial charge in [0.15, 0.2) is 0 Å². The van der Waals surface area contributed by atoms with Gasteiger partial charge >= 0.3 is 17.9 Å². The van der Waals surface area contributed by atoms with E-state index in [1.807, 2.05) is 0 Å². The van der Waals surface area contributed by atoms with Gasteiger partial charge < -0.3 is 0 Å². The molecule has 2 rings (SSSR count). The molecule has 0 amide bonds. The van der Waals surface area contributed by atoms with Crippen LogP contribution in [-0.2, 0) is 12.4 Å². The van der Waals surface area contributed by atoms with E-state index in [-0.39, 0.29) is 6.07 Å². The van der Waals surface area contributed by atoms with Crippen LogP contribution in [0.4, 0.5) is 39.5 Å². The van der Waals surface area contributed by atoms with Crippen molar-refractivity contribution >= 4 is 11.8 Å². The largest absolute Gasteiger partial charge is 0.446 e. The lowest BCUT2D eigenvalue weighted by atomic mass is 9.94. The number of halogens is 9. The summed E-state index contributed by atoms with van der Waals surface area (Å²) in [5.74, 6) is 0. The first-order valence-corrected chi connectivity index (χ1v) is 7.16. The maximum Gasteiger partial charge on any atom is 0.446 e. The minimum atomic E-state index is -5.52. The molecule has 0 saturated carbocycles. The second-order valence-corrected chi connectivity index (χ2v) is 5.77.